The fraction of sp³-hybridized carbons (Fsp3) is 0.600. The van der Waals surface area contributed by atoms with Crippen LogP contribution in [0.15, 0.2) is 12.1 Å². The van der Waals surface area contributed by atoms with E-state index in [1.165, 1.54) is 48.2 Å². The largest absolute Gasteiger partial charge is 0.381 e. The standard InChI is InChI=1S/C15H22N2/c1-11-8-12(2)14-13(9-11)16-10-15(17(14)3)6-4-5-7-15/h8-9,16H,4-7,10H2,1-3H3. The molecule has 2 aliphatic rings. The van der Waals surface area contributed by atoms with Crippen molar-refractivity contribution in [3.8, 4) is 0 Å². The van der Waals surface area contributed by atoms with E-state index in [1.807, 2.05) is 0 Å². The average molecular weight is 230 g/mol. The summed E-state index contributed by atoms with van der Waals surface area (Å²) in [6.07, 6.45) is 5.44. The molecule has 1 saturated carbocycles. The van der Waals surface area contributed by atoms with Gasteiger partial charge >= 0.3 is 0 Å². The molecule has 0 bridgehead atoms. The maximum absolute atomic E-state index is 3.67. The van der Waals surface area contributed by atoms with Crippen LogP contribution >= 0.6 is 0 Å². The van der Waals surface area contributed by atoms with Gasteiger partial charge in [-0.2, -0.15) is 0 Å². The van der Waals surface area contributed by atoms with E-state index in [-0.39, 0.29) is 0 Å². The second kappa shape index (κ2) is 3.66. The number of likely N-dealkylation sites (N-methyl/N-ethyl adjacent to an activating group) is 1. The second-order valence-corrected chi connectivity index (χ2v) is 5.82. The summed E-state index contributed by atoms with van der Waals surface area (Å²) in [7, 11) is 2.29. The summed E-state index contributed by atoms with van der Waals surface area (Å²) >= 11 is 0. The number of hydrogen-bond donors (Lipinski definition) is 1. The zero-order valence-corrected chi connectivity index (χ0v) is 11.1. The smallest absolute Gasteiger partial charge is 0.0634 e. The summed E-state index contributed by atoms with van der Waals surface area (Å²) in [4.78, 5) is 2.56. The first-order chi connectivity index (χ1) is 8.12. The van der Waals surface area contributed by atoms with Crippen LogP contribution in [0.4, 0.5) is 11.4 Å². The molecule has 1 spiro atoms. The Labute approximate surface area is 104 Å². The molecule has 1 heterocycles. The normalized spacial score (nSPS) is 21.5. The summed E-state index contributed by atoms with van der Waals surface area (Å²) in [5.74, 6) is 0. The monoisotopic (exact) mass is 230 g/mol. The van der Waals surface area contributed by atoms with Gasteiger partial charge in [0.2, 0.25) is 0 Å². The number of nitrogens with one attached hydrogen (secondary N) is 1. The van der Waals surface area contributed by atoms with Crippen molar-refractivity contribution < 1.29 is 0 Å². The molecule has 1 fully saturated rings. The van der Waals surface area contributed by atoms with Gasteiger partial charge in [0.25, 0.3) is 0 Å². The van der Waals surface area contributed by atoms with Crippen molar-refractivity contribution in [2.24, 2.45) is 0 Å². The molecule has 3 rings (SSSR count). The van der Waals surface area contributed by atoms with E-state index in [0.717, 1.165) is 6.54 Å². The number of rotatable bonds is 0. The van der Waals surface area contributed by atoms with Crippen molar-refractivity contribution in [3.63, 3.8) is 0 Å². The summed E-state index contributed by atoms with van der Waals surface area (Å²) in [5.41, 5.74) is 5.88. The van der Waals surface area contributed by atoms with Crippen LogP contribution in [0.25, 0.3) is 0 Å². The highest BCUT2D eigenvalue weighted by Crippen LogP contribution is 2.45. The van der Waals surface area contributed by atoms with Gasteiger partial charge in [0, 0.05) is 13.6 Å². The lowest BCUT2D eigenvalue weighted by Gasteiger charge is -2.46. The van der Waals surface area contributed by atoms with Crippen LogP contribution in [-0.2, 0) is 0 Å². The minimum Gasteiger partial charge on any atom is -0.381 e. The lowest BCUT2D eigenvalue weighted by Crippen LogP contribution is -2.53. The van der Waals surface area contributed by atoms with Crippen molar-refractivity contribution in [2.45, 2.75) is 45.1 Å². The number of nitrogens with zero attached hydrogens (tertiary/aromatic N) is 1. The minimum atomic E-state index is 0.382. The van der Waals surface area contributed by atoms with Crippen molar-refractivity contribution in [1.29, 1.82) is 0 Å². The van der Waals surface area contributed by atoms with Gasteiger partial charge in [0.05, 0.1) is 16.9 Å². The minimum absolute atomic E-state index is 0.382. The van der Waals surface area contributed by atoms with Gasteiger partial charge in [0.1, 0.15) is 0 Å². The summed E-state index contributed by atoms with van der Waals surface area (Å²) in [6, 6.07) is 4.58. The molecule has 0 saturated heterocycles. The van der Waals surface area contributed by atoms with E-state index in [9.17, 15) is 0 Å². The Morgan fingerprint density at radius 3 is 2.59 bits per heavy atom. The molecule has 1 N–H and O–H groups in total. The zero-order chi connectivity index (χ0) is 12.0. The highest BCUT2D eigenvalue weighted by Gasteiger charge is 2.41. The quantitative estimate of drug-likeness (QED) is 0.734. The van der Waals surface area contributed by atoms with Crippen LogP contribution in [0.3, 0.4) is 0 Å². The average Bonchev–Trinajstić information content (AvgIpc) is 2.73. The van der Waals surface area contributed by atoms with Crippen LogP contribution in [0.5, 0.6) is 0 Å². The van der Waals surface area contributed by atoms with E-state index in [2.05, 4.69) is 43.2 Å². The number of fused-ring (bicyclic) bond motifs is 1. The van der Waals surface area contributed by atoms with Crippen molar-refractivity contribution >= 4 is 11.4 Å². The molecule has 1 aliphatic carbocycles. The van der Waals surface area contributed by atoms with Crippen LogP contribution in [0.1, 0.15) is 36.8 Å². The van der Waals surface area contributed by atoms with Gasteiger partial charge in [-0.25, -0.2) is 0 Å². The summed E-state index contributed by atoms with van der Waals surface area (Å²) in [6.45, 7) is 5.52. The Morgan fingerprint density at radius 1 is 1.18 bits per heavy atom. The molecule has 0 atom stereocenters. The van der Waals surface area contributed by atoms with Crippen molar-refractivity contribution in [2.75, 3.05) is 23.8 Å². The van der Waals surface area contributed by atoms with Gasteiger partial charge < -0.3 is 10.2 Å². The fourth-order valence-electron chi connectivity index (χ4n) is 3.70. The number of benzene rings is 1. The van der Waals surface area contributed by atoms with Gasteiger partial charge in [-0.15, -0.1) is 0 Å². The van der Waals surface area contributed by atoms with E-state index in [0.29, 0.717) is 5.54 Å². The third kappa shape index (κ3) is 1.54. The van der Waals surface area contributed by atoms with Crippen molar-refractivity contribution in [1.82, 2.24) is 0 Å². The first-order valence-corrected chi connectivity index (χ1v) is 6.71. The van der Waals surface area contributed by atoms with Crippen LogP contribution in [0, 0.1) is 13.8 Å². The van der Waals surface area contributed by atoms with E-state index >= 15 is 0 Å². The summed E-state index contributed by atoms with van der Waals surface area (Å²) in [5, 5.41) is 3.67. The van der Waals surface area contributed by atoms with Crippen LogP contribution in [0.2, 0.25) is 0 Å². The molecular formula is C15H22N2. The zero-order valence-electron chi connectivity index (χ0n) is 11.1. The van der Waals surface area contributed by atoms with E-state index < -0.39 is 0 Å². The van der Waals surface area contributed by atoms with E-state index in [1.54, 1.807) is 0 Å². The molecule has 0 radical (unpaired) electrons. The first kappa shape index (κ1) is 10.9. The van der Waals surface area contributed by atoms with Gasteiger partial charge in [-0.3, -0.25) is 0 Å². The molecule has 0 aromatic heterocycles. The van der Waals surface area contributed by atoms with E-state index in [4.69, 9.17) is 0 Å². The molecule has 2 heteroatoms. The maximum Gasteiger partial charge on any atom is 0.0634 e. The molecule has 17 heavy (non-hydrogen) atoms. The Bertz CT molecular complexity index is 444. The maximum atomic E-state index is 3.67. The molecule has 0 unspecified atom stereocenters. The molecular weight excluding hydrogens is 208 g/mol. The number of hydrogen-bond acceptors (Lipinski definition) is 2. The topological polar surface area (TPSA) is 15.3 Å². The highest BCUT2D eigenvalue weighted by atomic mass is 15.2. The summed E-state index contributed by atoms with van der Waals surface area (Å²) < 4.78 is 0. The third-order valence-electron chi connectivity index (χ3n) is 4.63. The predicted molar refractivity (Wildman–Crippen MR) is 74.0 cm³/mol. The second-order valence-electron chi connectivity index (χ2n) is 5.82. The molecule has 0 amide bonds. The molecule has 1 aliphatic heterocycles. The SMILES string of the molecule is Cc1cc(C)c2c(c1)NCC1(CCCC1)N2C. The number of anilines is 2. The highest BCUT2D eigenvalue weighted by molar-refractivity contribution is 5.77. The van der Waals surface area contributed by atoms with Gasteiger partial charge in [-0.05, 0) is 43.9 Å². The lowest BCUT2D eigenvalue weighted by molar-refractivity contribution is 0.428. The fourth-order valence-corrected chi connectivity index (χ4v) is 3.70. The Kier molecular flexibility index (Phi) is 2.35. The van der Waals surface area contributed by atoms with Gasteiger partial charge in [-0.1, -0.05) is 18.9 Å². The predicted octanol–water partition coefficient (Wildman–Crippen LogP) is 3.48. The first-order valence-electron chi connectivity index (χ1n) is 6.71. The Hall–Kier alpha value is -1.18. The Morgan fingerprint density at radius 2 is 1.88 bits per heavy atom. The number of aryl methyl sites for hydroxylation is 2. The van der Waals surface area contributed by atoms with Gasteiger partial charge in [0.15, 0.2) is 0 Å². The Balaban J connectivity index is 2.08. The molecule has 1 aromatic carbocycles. The van der Waals surface area contributed by atoms with Crippen LogP contribution < -0.4 is 10.2 Å². The van der Waals surface area contributed by atoms with Crippen LogP contribution in [-0.4, -0.2) is 19.1 Å². The third-order valence-corrected chi connectivity index (χ3v) is 4.63. The van der Waals surface area contributed by atoms with Crippen molar-refractivity contribution in [3.05, 3.63) is 23.3 Å². The lowest BCUT2D eigenvalue weighted by atomic mass is 9.90. The molecule has 1 aromatic rings. The molecule has 2 nitrogen and oxygen atoms in total. The molecule has 92 valence electrons.